The van der Waals surface area contributed by atoms with E-state index in [-0.39, 0.29) is 5.91 Å². The van der Waals surface area contributed by atoms with Crippen molar-refractivity contribution in [3.05, 3.63) is 18.2 Å². The van der Waals surface area contributed by atoms with Crippen molar-refractivity contribution in [1.29, 1.82) is 0 Å². The zero-order chi connectivity index (χ0) is 9.14. The zero-order valence-corrected chi connectivity index (χ0v) is 7.53. The molecule has 1 radical (unpaired) electrons. The van der Waals surface area contributed by atoms with Gasteiger partial charge in [0.25, 0.3) is 0 Å². The van der Waals surface area contributed by atoms with Gasteiger partial charge in [0.05, 0.1) is 0 Å². The number of amides is 1. The number of carbonyl (C=O) groups is 1. The summed E-state index contributed by atoms with van der Waals surface area (Å²) < 4.78 is 1.77. The largest absolute Gasteiger partial charge is 0.347 e. The Labute approximate surface area is 71.8 Å². The van der Waals surface area contributed by atoms with Gasteiger partial charge in [-0.3, -0.25) is 4.79 Å². The van der Waals surface area contributed by atoms with Crippen LogP contribution in [0.1, 0.15) is 5.82 Å². The Hall–Kier alpha value is -1.32. The number of hydrogen-bond donors (Lipinski definition) is 0. The zero-order valence-electron chi connectivity index (χ0n) is 7.53. The normalized spacial score (nSPS) is 9.92. The highest BCUT2D eigenvalue weighted by molar-refractivity contribution is 5.75. The number of carbonyl (C=O) groups excluding carboxylic acids is 1. The van der Waals surface area contributed by atoms with Crippen molar-refractivity contribution < 1.29 is 4.79 Å². The summed E-state index contributed by atoms with van der Waals surface area (Å²) in [5, 5.41) is 0. The fourth-order valence-corrected chi connectivity index (χ4v) is 0.797. The Morgan fingerprint density at radius 3 is 2.83 bits per heavy atom. The van der Waals surface area contributed by atoms with Crippen LogP contribution in [0.3, 0.4) is 0 Å². The van der Waals surface area contributed by atoms with Gasteiger partial charge in [0.2, 0.25) is 5.91 Å². The van der Waals surface area contributed by atoms with Gasteiger partial charge in [0.15, 0.2) is 0 Å². The topological polar surface area (TPSA) is 38.1 Å². The molecule has 4 nitrogen and oxygen atoms in total. The lowest BCUT2D eigenvalue weighted by atomic mass is 10.5. The molecule has 1 aromatic heterocycles. The van der Waals surface area contributed by atoms with E-state index < -0.39 is 0 Å². The Bertz CT molecular complexity index is 278. The Morgan fingerprint density at radius 2 is 2.42 bits per heavy atom. The summed E-state index contributed by atoms with van der Waals surface area (Å²) in [5.74, 6) is 0.870. The van der Waals surface area contributed by atoms with E-state index in [1.54, 1.807) is 29.8 Å². The van der Waals surface area contributed by atoms with Crippen molar-refractivity contribution >= 4 is 5.91 Å². The fourth-order valence-electron chi connectivity index (χ4n) is 0.797. The summed E-state index contributed by atoms with van der Waals surface area (Å²) in [6, 6.07) is 0. The monoisotopic (exact) mass is 166 g/mol. The summed E-state index contributed by atoms with van der Waals surface area (Å²) in [6.45, 7) is 2.19. The van der Waals surface area contributed by atoms with E-state index in [0.717, 1.165) is 5.82 Å². The Balaban J connectivity index is 2.64. The predicted molar refractivity (Wildman–Crippen MR) is 44.5 cm³/mol. The number of rotatable bonds is 2. The third-order valence-electron chi connectivity index (χ3n) is 1.66. The van der Waals surface area contributed by atoms with Crippen LogP contribution in [-0.4, -0.2) is 34.5 Å². The second-order valence-corrected chi connectivity index (χ2v) is 2.83. The first kappa shape index (κ1) is 8.77. The van der Waals surface area contributed by atoms with Gasteiger partial charge in [0.1, 0.15) is 18.6 Å². The van der Waals surface area contributed by atoms with Crippen molar-refractivity contribution in [3.8, 4) is 0 Å². The van der Waals surface area contributed by atoms with Crippen molar-refractivity contribution in [2.75, 3.05) is 14.1 Å². The molecule has 12 heavy (non-hydrogen) atoms. The highest BCUT2D eigenvalue weighted by atomic mass is 16.2. The van der Waals surface area contributed by atoms with E-state index in [2.05, 4.69) is 11.2 Å². The van der Waals surface area contributed by atoms with Crippen molar-refractivity contribution in [2.24, 2.45) is 0 Å². The van der Waals surface area contributed by atoms with Gasteiger partial charge in [-0.1, -0.05) is 0 Å². The predicted octanol–water partition coefficient (Wildman–Crippen LogP) is 0.0799. The van der Waals surface area contributed by atoms with Crippen LogP contribution in [0.5, 0.6) is 0 Å². The van der Waals surface area contributed by atoms with Crippen LogP contribution in [0.25, 0.3) is 0 Å². The highest BCUT2D eigenvalue weighted by Gasteiger charge is 2.05. The second-order valence-electron chi connectivity index (χ2n) is 2.83. The van der Waals surface area contributed by atoms with Crippen LogP contribution < -0.4 is 0 Å². The maximum Gasteiger partial charge on any atom is 0.242 e. The molecule has 0 atom stereocenters. The van der Waals surface area contributed by atoms with Gasteiger partial charge in [0, 0.05) is 20.3 Å². The molecule has 0 aromatic carbocycles. The lowest BCUT2D eigenvalue weighted by Gasteiger charge is -2.10. The van der Waals surface area contributed by atoms with E-state index in [9.17, 15) is 4.79 Å². The first-order valence-corrected chi connectivity index (χ1v) is 3.71. The van der Waals surface area contributed by atoms with E-state index in [0.29, 0.717) is 6.54 Å². The smallest absolute Gasteiger partial charge is 0.242 e. The molecule has 4 heteroatoms. The lowest BCUT2D eigenvalue weighted by Crippen LogP contribution is -2.26. The number of imidazole rings is 1. The number of hydrogen-bond acceptors (Lipinski definition) is 2. The number of nitrogens with zero attached hydrogens (tertiary/aromatic N) is 3. The minimum atomic E-state index is 0.0597. The van der Waals surface area contributed by atoms with Crippen LogP contribution in [0.15, 0.2) is 6.20 Å². The van der Waals surface area contributed by atoms with Crippen LogP contribution in [-0.2, 0) is 11.3 Å². The van der Waals surface area contributed by atoms with Crippen LogP contribution >= 0.6 is 0 Å². The number of aryl methyl sites for hydroxylation is 1. The molecular formula is C8H12N3O. The maximum atomic E-state index is 11.2. The van der Waals surface area contributed by atoms with Crippen LogP contribution in [0.2, 0.25) is 0 Å². The summed E-state index contributed by atoms with van der Waals surface area (Å²) in [7, 11) is 3.47. The maximum absolute atomic E-state index is 11.2. The number of aromatic nitrogens is 2. The van der Waals surface area contributed by atoms with Crippen molar-refractivity contribution in [3.63, 3.8) is 0 Å². The second kappa shape index (κ2) is 3.38. The molecule has 0 unspecified atom stereocenters. The van der Waals surface area contributed by atoms with Gasteiger partial charge >= 0.3 is 0 Å². The summed E-state index contributed by atoms with van der Waals surface area (Å²) >= 11 is 0. The molecule has 0 saturated heterocycles. The minimum absolute atomic E-state index is 0.0597. The molecule has 0 bridgehead atoms. The Kier molecular flexibility index (Phi) is 2.47. The van der Waals surface area contributed by atoms with Gasteiger partial charge in [-0.2, -0.15) is 0 Å². The summed E-state index contributed by atoms with van der Waals surface area (Å²) in [4.78, 5) is 16.7. The Morgan fingerprint density at radius 1 is 1.75 bits per heavy atom. The standard InChI is InChI=1S/C8H12N3O/c1-7-9-4-5-11(7)6-8(12)10(2)3/h5H,6H2,1-3H3. The summed E-state index contributed by atoms with van der Waals surface area (Å²) in [6.07, 6.45) is 4.36. The first-order valence-electron chi connectivity index (χ1n) is 3.71. The van der Waals surface area contributed by atoms with Crippen LogP contribution in [0.4, 0.5) is 0 Å². The third kappa shape index (κ3) is 1.84. The SMILES string of the molecule is Cc1n[c]cn1CC(=O)N(C)C. The molecule has 1 heterocycles. The van der Waals surface area contributed by atoms with E-state index in [1.807, 2.05) is 6.92 Å². The molecule has 65 valence electrons. The van der Waals surface area contributed by atoms with Gasteiger partial charge in [-0.15, -0.1) is 0 Å². The highest BCUT2D eigenvalue weighted by Crippen LogP contribution is 1.95. The van der Waals surface area contributed by atoms with Gasteiger partial charge in [-0.25, -0.2) is 4.98 Å². The van der Waals surface area contributed by atoms with E-state index >= 15 is 0 Å². The molecule has 1 aromatic rings. The molecule has 0 fully saturated rings. The van der Waals surface area contributed by atoms with E-state index in [1.165, 1.54) is 0 Å². The quantitative estimate of drug-likeness (QED) is 0.624. The third-order valence-corrected chi connectivity index (χ3v) is 1.66. The molecule has 0 N–H and O–H groups in total. The fraction of sp³-hybridized carbons (Fsp3) is 0.500. The van der Waals surface area contributed by atoms with Gasteiger partial charge in [-0.05, 0) is 6.92 Å². The molecule has 0 aliphatic rings. The molecule has 0 aliphatic heterocycles. The minimum Gasteiger partial charge on any atom is -0.347 e. The average molecular weight is 166 g/mol. The molecular weight excluding hydrogens is 154 g/mol. The van der Waals surface area contributed by atoms with Crippen molar-refractivity contribution in [1.82, 2.24) is 14.5 Å². The first-order chi connectivity index (χ1) is 5.61. The average Bonchev–Trinajstić information content (AvgIpc) is 2.36. The van der Waals surface area contributed by atoms with Gasteiger partial charge < -0.3 is 9.47 Å². The van der Waals surface area contributed by atoms with Crippen LogP contribution in [0, 0.1) is 13.1 Å². The molecule has 0 aliphatic carbocycles. The molecule has 0 saturated carbocycles. The van der Waals surface area contributed by atoms with Crippen molar-refractivity contribution in [2.45, 2.75) is 13.5 Å². The number of likely N-dealkylation sites (N-methyl/N-ethyl adjacent to an activating group) is 1. The molecule has 1 amide bonds. The molecule has 0 spiro atoms. The van der Waals surface area contributed by atoms with E-state index in [4.69, 9.17) is 0 Å². The molecule has 1 rings (SSSR count). The summed E-state index contributed by atoms with van der Waals surface area (Å²) in [5.41, 5.74) is 0. The lowest BCUT2D eigenvalue weighted by molar-refractivity contribution is -0.129.